The first-order chi connectivity index (χ1) is 8.67. The zero-order chi connectivity index (χ0) is 13.4. The summed E-state index contributed by atoms with van der Waals surface area (Å²) in [6.45, 7) is 9.03. The third kappa shape index (κ3) is 5.71. The molecule has 1 aliphatic carbocycles. The zero-order valence-electron chi connectivity index (χ0n) is 12.9. The summed E-state index contributed by atoms with van der Waals surface area (Å²) in [5.41, 5.74) is 0. The molecule has 0 aromatic rings. The van der Waals surface area contributed by atoms with Gasteiger partial charge in [0.2, 0.25) is 0 Å². The highest BCUT2D eigenvalue weighted by molar-refractivity contribution is 4.82. The zero-order valence-corrected chi connectivity index (χ0v) is 12.9. The van der Waals surface area contributed by atoms with Crippen molar-refractivity contribution in [1.82, 2.24) is 5.32 Å². The summed E-state index contributed by atoms with van der Waals surface area (Å²) >= 11 is 0. The van der Waals surface area contributed by atoms with Gasteiger partial charge in [0.15, 0.2) is 0 Å². The summed E-state index contributed by atoms with van der Waals surface area (Å²) in [5, 5.41) is 3.79. The summed E-state index contributed by atoms with van der Waals surface area (Å²) in [5.74, 6) is 2.51. The minimum Gasteiger partial charge on any atom is -0.384 e. The summed E-state index contributed by atoms with van der Waals surface area (Å²) in [4.78, 5) is 0. The van der Waals surface area contributed by atoms with Gasteiger partial charge in [-0.25, -0.2) is 0 Å². The monoisotopic (exact) mass is 255 g/mol. The van der Waals surface area contributed by atoms with Gasteiger partial charge in [0.25, 0.3) is 0 Å². The Morgan fingerprint density at radius 1 is 1.22 bits per heavy atom. The molecule has 0 saturated heterocycles. The second kappa shape index (κ2) is 8.92. The van der Waals surface area contributed by atoms with Crippen LogP contribution in [-0.2, 0) is 4.74 Å². The fraction of sp³-hybridized carbons (Fsp3) is 1.00. The van der Waals surface area contributed by atoms with E-state index in [1.807, 2.05) is 7.11 Å². The summed E-state index contributed by atoms with van der Waals surface area (Å²) < 4.78 is 5.29. The van der Waals surface area contributed by atoms with E-state index in [-0.39, 0.29) is 0 Å². The lowest BCUT2D eigenvalue weighted by atomic mass is 9.77. The van der Waals surface area contributed by atoms with Gasteiger partial charge in [-0.05, 0) is 50.0 Å². The second-order valence-electron chi connectivity index (χ2n) is 6.38. The second-order valence-corrected chi connectivity index (χ2v) is 6.38. The van der Waals surface area contributed by atoms with Gasteiger partial charge in [-0.1, -0.05) is 33.6 Å². The SMILES string of the molecule is CCCNC(CC(C)COC)C1CCC(C)CC1. The van der Waals surface area contributed by atoms with Crippen molar-refractivity contribution in [1.29, 1.82) is 0 Å². The number of nitrogens with one attached hydrogen (secondary N) is 1. The molecule has 0 heterocycles. The third-order valence-electron chi connectivity index (χ3n) is 4.39. The third-order valence-corrected chi connectivity index (χ3v) is 4.39. The first-order valence-electron chi connectivity index (χ1n) is 7.89. The van der Waals surface area contributed by atoms with Crippen molar-refractivity contribution in [3.63, 3.8) is 0 Å². The van der Waals surface area contributed by atoms with Crippen LogP contribution in [0.15, 0.2) is 0 Å². The number of methoxy groups -OCH3 is 1. The molecular formula is C16H33NO. The molecule has 0 aromatic carbocycles. The highest BCUT2D eigenvalue weighted by Crippen LogP contribution is 2.32. The minimum atomic E-state index is 0.670. The van der Waals surface area contributed by atoms with Crippen molar-refractivity contribution in [3.05, 3.63) is 0 Å². The van der Waals surface area contributed by atoms with Crippen LogP contribution in [0.4, 0.5) is 0 Å². The number of hydrogen-bond acceptors (Lipinski definition) is 2. The molecule has 1 aliphatic rings. The van der Waals surface area contributed by atoms with Crippen LogP contribution in [0, 0.1) is 17.8 Å². The van der Waals surface area contributed by atoms with E-state index < -0.39 is 0 Å². The van der Waals surface area contributed by atoms with Crippen LogP contribution in [0.25, 0.3) is 0 Å². The van der Waals surface area contributed by atoms with Crippen LogP contribution in [0.1, 0.15) is 59.3 Å². The molecule has 1 fully saturated rings. The Labute approximate surface area is 114 Å². The maximum absolute atomic E-state index is 5.29. The van der Waals surface area contributed by atoms with Crippen LogP contribution in [0.2, 0.25) is 0 Å². The van der Waals surface area contributed by atoms with Crippen LogP contribution in [-0.4, -0.2) is 26.3 Å². The molecule has 108 valence electrons. The minimum absolute atomic E-state index is 0.670. The molecular weight excluding hydrogens is 222 g/mol. The van der Waals surface area contributed by atoms with Gasteiger partial charge >= 0.3 is 0 Å². The van der Waals surface area contributed by atoms with Gasteiger partial charge in [-0.2, -0.15) is 0 Å². The Balaban J connectivity index is 2.43. The lowest BCUT2D eigenvalue weighted by molar-refractivity contribution is 0.134. The Morgan fingerprint density at radius 3 is 2.44 bits per heavy atom. The molecule has 1 N–H and O–H groups in total. The van der Waals surface area contributed by atoms with Gasteiger partial charge in [0.1, 0.15) is 0 Å². The standard InChI is InChI=1S/C16H33NO/c1-5-10-17-16(11-14(3)12-18-4)15-8-6-13(2)7-9-15/h13-17H,5-12H2,1-4H3. The smallest absolute Gasteiger partial charge is 0.0488 e. The molecule has 0 aliphatic heterocycles. The molecule has 18 heavy (non-hydrogen) atoms. The highest BCUT2D eigenvalue weighted by atomic mass is 16.5. The van der Waals surface area contributed by atoms with Gasteiger partial charge in [-0.15, -0.1) is 0 Å². The van der Waals surface area contributed by atoms with E-state index in [4.69, 9.17) is 4.74 Å². The van der Waals surface area contributed by atoms with E-state index in [9.17, 15) is 0 Å². The fourth-order valence-corrected chi connectivity index (χ4v) is 3.25. The number of rotatable bonds is 8. The molecule has 2 unspecified atom stereocenters. The van der Waals surface area contributed by atoms with Crippen molar-refractivity contribution < 1.29 is 4.74 Å². The summed E-state index contributed by atoms with van der Waals surface area (Å²) in [6.07, 6.45) is 8.19. The van der Waals surface area contributed by atoms with Crippen molar-refractivity contribution in [2.75, 3.05) is 20.3 Å². The topological polar surface area (TPSA) is 21.3 Å². The van der Waals surface area contributed by atoms with Gasteiger partial charge in [0.05, 0.1) is 0 Å². The molecule has 0 aromatic heterocycles. The predicted octanol–water partition coefficient (Wildman–Crippen LogP) is 3.85. The van der Waals surface area contributed by atoms with Gasteiger partial charge in [-0.3, -0.25) is 0 Å². The Morgan fingerprint density at radius 2 is 1.89 bits per heavy atom. The van der Waals surface area contributed by atoms with Crippen molar-refractivity contribution >= 4 is 0 Å². The Kier molecular flexibility index (Phi) is 7.92. The van der Waals surface area contributed by atoms with Crippen LogP contribution >= 0.6 is 0 Å². The van der Waals surface area contributed by atoms with Gasteiger partial charge in [0, 0.05) is 19.8 Å². The summed E-state index contributed by atoms with van der Waals surface area (Å²) in [6, 6.07) is 0.711. The van der Waals surface area contributed by atoms with Crippen molar-refractivity contribution in [3.8, 4) is 0 Å². The fourth-order valence-electron chi connectivity index (χ4n) is 3.25. The first-order valence-corrected chi connectivity index (χ1v) is 7.89. The first kappa shape index (κ1) is 16.0. The van der Waals surface area contributed by atoms with Crippen LogP contribution < -0.4 is 5.32 Å². The normalized spacial score (nSPS) is 28.0. The molecule has 0 amide bonds. The van der Waals surface area contributed by atoms with E-state index in [0.29, 0.717) is 12.0 Å². The molecule has 0 spiro atoms. The van der Waals surface area contributed by atoms with Crippen molar-refractivity contribution in [2.24, 2.45) is 17.8 Å². The highest BCUT2D eigenvalue weighted by Gasteiger charge is 2.26. The predicted molar refractivity (Wildman–Crippen MR) is 78.9 cm³/mol. The Bertz CT molecular complexity index is 199. The molecule has 0 bridgehead atoms. The number of ether oxygens (including phenoxy) is 1. The van der Waals surface area contributed by atoms with E-state index >= 15 is 0 Å². The molecule has 2 atom stereocenters. The lowest BCUT2D eigenvalue weighted by Gasteiger charge is -2.34. The Hall–Kier alpha value is -0.0800. The van der Waals surface area contributed by atoms with Crippen molar-refractivity contribution in [2.45, 2.75) is 65.3 Å². The van der Waals surface area contributed by atoms with E-state index in [0.717, 1.165) is 25.0 Å². The molecule has 0 radical (unpaired) electrons. The number of hydrogen-bond donors (Lipinski definition) is 1. The van der Waals surface area contributed by atoms with E-state index in [1.54, 1.807) is 0 Å². The quantitative estimate of drug-likeness (QED) is 0.711. The van der Waals surface area contributed by atoms with E-state index in [1.165, 1.54) is 38.5 Å². The lowest BCUT2D eigenvalue weighted by Crippen LogP contribution is -2.40. The maximum Gasteiger partial charge on any atom is 0.0488 e. The molecule has 1 rings (SSSR count). The summed E-state index contributed by atoms with van der Waals surface area (Å²) in [7, 11) is 1.81. The molecule has 2 nitrogen and oxygen atoms in total. The molecule has 1 saturated carbocycles. The average molecular weight is 255 g/mol. The maximum atomic E-state index is 5.29. The van der Waals surface area contributed by atoms with Crippen LogP contribution in [0.3, 0.4) is 0 Å². The van der Waals surface area contributed by atoms with E-state index in [2.05, 4.69) is 26.1 Å². The van der Waals surface area contributed by atoms with Crippen LogP contribution in [0.5, 0.6) is 0 Å². The average Bonchev–Trinajstić information content (AvgIpc) is 2.36. The molecule has 2 heteroatoms. The van der Waals surface area contributed by atoms with Gasteiger partial charge < -0.3 is 10.1 Å². The largest absolute Gasteiger partial charge is 0.384 e.